The van der Waals surface area contributed by atoms with Crippen molar-refractivity contribution in [3.8, 4) is 0 Å². The molecule has 4 aliphatic rings. The molecule has 14 atom stereocenters. The SMILES string of the molecule is CCCCC1C\C=C/C=C/C=C/C=C/C(O[C@@H]2OC(C)[C@@H](O)C(N)C2O)CC2OC(O)(CC(O)CC3OC3/C=C\C(=O)O1)CC(O)C2C(=O)O. The highest BCUT2D eigenvalue weighted by Gasteiger charge is 2.51. The predicted octanol–water partition coefficient (Wildman–Crippen LogP) is 1.29. The number of carbonyl (C=O) groups is 2. The second-order valence-corrected chi connectivity index (χ2v) is 13.5. The molecule has 8 N–H and O–H groups in total. The van der Waals surface area contributed by atoms with E-state index in [4.69, 9.17) is 29.4 Å². The minimum atomic E-state index is -2.10. The number of aliphatic hydroxyl groups is 5. The molecule has 14 heteroatoms. The smallest absolute Gasteiger partial charge is 0.330 e. The van der Waals surface area contributed by atoms with Crippen molar-refractivity contribution in [1.29, 1.82) is 0 Å². The van der Waals surface area contributed by atoms with Crippen molar-refractivity contribution >= 4 is 11.9 Å². The standard InChI is InChI=1S/C36H53NO13/c1-3-4-12-23-13-10-8-6-5-7-9-11-14-24(48-35-33(42)31(37)32(41)21(2)46-35)18-28-30(34(43)44)25(39)20-36(45,50-28)19-22(38)17-27-26(49-27)15-16-29(40)47-23/h5-11,14-16,21-28,30-33,35,38-39,41-42,45H,3-4,12-13,17-20,37H2,1-2H3,(H,43,44)/b6-5+,9-7+,10-8-,14-11+,16-15-/t21?,22?,23?,24?,25?,26?,27?,28?,30?,31?,32-,33?,35+,36?/m1/s1. The van der Waals surface area contributed by atoms with E-state index in [1.54, 1.807) is 43.4 Å². The third-order valence-corrected chi connectivity index (χ3v) is 9.35. The fraction of sp³-hybridized carbons (Fsp3) is 0.667. The Kier molecular flexibility index (Phi) is 14.9. The lowest BCUT2D eigenvalue weighted by Crippen LogP contribution is -2.61. The maximum Gasteiger partial charge on any atom is 0.330 e. The van der Waals surface area contributed by atoms with Gasteiger partial charge in [-0.05, 0) is 19.4 Å². The highest BCUT2D eigenvalue weighted by Crippen LogP contribution is 2.39. The molecule has 50 heavy (non-hydrogen) atoms. The number of carboxylic acids is 1. The molecule has 0 aliphatic carbocycles. The fourth-order valence-electron chi connectivity index (χ4n) is 6.54. The maximum atomic E-state index is 12.5. The Morgan fingerprint density at radius 3 is 2.42 bits per heavy atom. The monoisotopic (exact) mass is 707 g/mol. The van der Waals surface area contributed by atoms with Crippen molar-refractivity contribution in [2.24, 2.45) is 11.7 Å². The van der Waals surface area contributed by atoms with Crippen molar-refractivity contribution < 1.29 is 63.9 Å². The number of fused-ring (bicyclic) bond motifs is 3. The molecule has 0 aromatic rings. The van der Waals surface area contributed by atoms with E-state index in [2.05, 4.69) is 6.92 Å². The van der Waals surface area contributed by atoms with Crippen LogP contribution in [-0.2, 0) is 33.3 Å². The van der Waals surface area contributed by atoms with Crippen LogP contribution < -0.4 is 5.73 Å². The van der Waals surface area contributed by atoms with Crippen molar-refractivity contribution in [2.75, 3.05) is 0 Å². The quantitative estimate of drug-likeness (QED) is 0.152. The molecular weight excluding hydrogens is 654 g/mol. The summed E-state index contributed by atoms with van der Waals surface area (Å²) in [4.78, 5) is 24.8. The highest BCUT2D eigenvalue weighted by atomic mass is 16.7. The summed E-state index contributed by atoms with van der Waals surface area (Å²) >= 11 is 0. The molecule has 12 unspecified atom stereocenters. The van der Waals surface area contributed by atoms with Crippen LogP contribution in [0.2, 0.25) is 0 Å². The van der Waals surface area contributed by atoms with Gasteiger partial charge in [0.05, 0.1) is 48.8 Å². The zero-order valence-corrected chi connectivity index (χ0v) is 28.6. The van der Waals surface area contributed by atoms with Crippen LogP contribution in [0.5, 0.6) is 0 Å². The number of esters is 1. The molecule has 4 heterocycles. The lowest BCUT2D eigenvalue weighted by molar-refractivity contribution is -0.308. The predicted molar refractivity (Wildman–Crippen MR) is 179 cm³/mol. The van der Waals surface area contributed by atoms with E-state index >= 15 is 0 Å². The highest BCUT2D eigenvalue weighted by molar-refractivity contribution is 5.82. The molecule has 4 aliphatic heterocycles. The van der Waals surface area contributed by atoms with Gasteiger partial charge < -0.3 is 60.1 Å². The number of nitrogens with two attached hydrogens (primary N) is 1. The molecule has 0 amide bonds. The van der Waals surface area contributed by atoms with Crippen LogP contribution in [0.4, 0.5) is 0 Å². The van der Waals surface area contributed by atoms with Gasteiger partial charge in [-0.25, -0.2) is 4.79 Å². The van der Waals surface area contributed by atoms with Gasteiger partial charge >= 0.3 is 11.9 Å². The number of allylic oxidation sites excluding steroid dienone is 6. The summed E-state index contributed by atoms with van der Waals surface area (Å²) in [5.41, 5.74) is 6.00. The van der Waals surface area contributed by atoms with Crippen LogP contribution in [0.25, 0.3) is 0 Å². The fourth-order valence-corrected chi connectivity index (χ4v) is 6.54. The van der Waals surface area contributed by atoms with Crippen LogP contribution in [0.3, 0.4) is 0 Å². The second-order valence-electron chi connectivity index (χ2n) is 13.5. The first-order valence-corrected chi connectivity index (χ1v) is 17.4. The Labute approximate surface area is 292 Å². The van der Waals surface area contributed by atoms with Gasteiger partial charge in [0.25, 0.3) is 0 Å². The van der Waals surface area contributed by atoms with Gasteiger partial charge in [0.15, 0.2) is 12.1 Å². The summed E-state index contributed by atoms with van der Waals surface area (Å²) < 4.78 is 29.0. The Hall–Kier alpha value is -2.76. The van der Waals surface area contributed by atoms with Crippen molar-refractivity contribution in [3.05, 3.63) is 60.8 Å². The van der Waals surface area contributed by atoms with Crippen molar-refractivity contribution in [3.63, 3.8) is 0 Å². The van der Waals surface area contributed by atoms with Gasteiger partial charge in [-0.3, -0.25) is 4.79 Å². The van der Waals surface area contributed by atoms with Gasteiger partial charge in [0, 0.05) is 38.2 Å². The summed E-state index contributed by atoms with van der Waals surface area (Å²) in [6, 6.07) is -1.08. The van der Waals surface area contributed by atoms with E-state index in [1.165, 1.54) is 6.08 Å². The van der Waals surface area contributed by atoms with Crippen LogP contribution in [0.15, 0.2) is 60.8 Å². The topological polar surface area (TPSA) is 231 Å². The molecule has 280 valence electrons. The molecule has 2 bridgehead atoms. The molecule has 0 saturated carbocycles. The molecule has 14 nitrogen and oxygen atoms in total. The third kappa shape index (κ3) is 11.6. The van der Waals surface area contributed by atoms with Crippen LogP contribution >= 0.6 is 0 Å². The Balaban J connectivity index is 1.58. The van der Waals surface area contributed by atoms with Gasteiger partial charge in [-0.1, -0.05) is 68.4 Å². The van der Waals surface area contributed by atoms with E-state index in [-0.39, 0.29) is 25.4 Å². The Bertz CT molecular complexity index is 1270. The van der Waals surface area contributed by atoms with E-state index in [0.29, 0.717) is 6.42 Å². The molecular formula is C36H53NO13. The largest absolute Gasteiger partial charge is 0.481 e. The molecule has 3 fully saturated rings. The normalized spacial score (nSPS) is 45.1. The van der Waals surface area contributed by atoms with Crippen LogP contribution in [0, 0.1) is 5.92 Å². The first kappa shape index (κ1) is 40.0. The molecule has 3 saturated heterocycles. The minimum absolute atomic E-state index is 0.0816. The first-order valence-electron chi connectivity index (χ1n) is 17.4. The number of carbonyl (C=O) groups excluding carboxylic acids is 1. The summed E-state index contributed by atoms with van der Waals surface area (Å²) in [7, 11) is 0. The number of ether oxygens (including phenoxy) is 5. The van der Waals surface area contributed by atoms with Gasteiger partial charge in [-0.15, -0.1) is 0 Å². The average molecular weight is 708 g/mol. The average Bonchev–Trinajstić information content (AvgIpc) is 3.78. The number of rotatable bonds is 6. The number of cyclic esters (lactones) is 1. The number of carboxylic acid groups (broad SMARTS) is 1. The van der Waals surface area contributed by atoms with E-state index in [9.17, 15) is 40.2 Å². The van der Waals surface area contributed by atoms with Gasteiger partial charge in [0.2, 0.25) is 0 Å². The zero-order chi connectivity index (χ0) is 36.4. The number of unbranched alkanes of at least 4 members (excludes halogenated alkanes) is 1. The van der Waals surface area contributed by atoms with E-state index < -0.39 is 97.3 Å². The zero-order valence-electron chi connectivity index (χ0n) is 28.6. The van der Waals surface area contributed by atoms with Crippen LogP contribution in [-0.4, -0.2) is 122 Å². The molecule has 0 aromatic carbocycles. The second kappa shape index (κ2) is 18.6. The summed E-state index contributed by atoms with van der Waals surface area (Å²) in [5, 5.41) is 64.2. The Morgan fingerprint density at radius 2 is 1.70 bits per heavy atom. The first-order chi connectivity index (χ1) is 23.8. The number of hydrogen-bond donors (Lipinski definition) is 7. The summed E-state index contributed by atoms with van der Waals surface area (Å²) in [6.45, 7) is 3.64. The summed E-state index contributed by atoms with van der Waals surface area (Å²) in [5.74, 6) is -5.41. The third-order valence-electron chi connectivity index (χ3n) is 9.35. The maximum absolute atomic E-state index is 12.5. The lowest BCUT2D eigenvalue weighted by Gasteiger charge is -2.45. The summed E-state index contributed by atoms with van der Waals surface area (Å²) in [6.07, 6.45) is 8.24. The van der Waals surface area contributed by atoms with E-state index in [0.717, 1.165) is 19.3 Å². The molecule has 0 spiro atoms. The molecule has 0 aromatic heterocycles. The van der Waals surface area contributed by atoms with Gasteiger partial charge in [0.1, 0.15) is 24.2 Å². The lowest BCUT2D eigenvalue weighted by atomic mass is 9.83. The number of aliphatic hydroxyl groups excluding tert-OH is 4. The molecule has 4 rings (SSSR count). The number of epoxide rings is 1. The Morgan fingerprint density at radius 1 is 0.980 bits per heavy atom. The number of hydrogen-bond acceptors (Lipinski definition) is 13. The van der Waals surface area contributed by atoms with Crippen molar-refractivity contribution in [2.45, 2.75) is 144 Å². The minimum Gasteiger partial charge on any atom is -0.481 e. The van der Waals surface area contributed by atoms with Gasteiger partial charge in [-0.2, -0.15) is 0 Å². The number of aliphatic carboxylic acids is 1. The van der Waals surface area contributed by atoms with Crippen LogP contribution in [0.1, 0.15) is 65.2 Å². The molecule has 0 radical (unpaired) electrons. The van der Waals surface area contributed by atoms with E-state index in [1.807, 2.05) is 18.2 Å². The van der Waals surface area contributed by atoms with Crippen molar-refractivity contribution in [1.82, 2.24) is 0 Å².